The van der Waals surface area contributed by atoms with E-state index in [0.29, 0.717) is 51.5 Å². The number of likely N-dealkylation sites (N-methyl/N-ethyl adjacent to an activating group) is 2. The van der Waals surface area contributed by atoms with E-state index in [2.05, 4.69) is 5.32 Å². The van der Waals surface area contributed by atoms with Gasteiger partial charge in [0.15, 0.2) is 0 Å². The molecule has 310 valence electrons. The Hall–Kier alpha value is -4.20. The third-order valence-electron chi connectivity index (χ3n) is 11.0. The second-order valence-corrected chi connectivity index (χ2v) is 15.6. The van der Waals surface area contributed by atoms with Gasteiger partial charge >= 0.3 is 5.97 Å². The van der Waals surface area contributed by atoms with Crippen LogP contribution in [0.4, 0.5) is 0 Å². The van der Waals surface area contributed by atoms with Crippen LogP contribution in [-0.2, 0) is 39.9 Å². The summed E-state index contributed by atoms with van der Waals surface area (Å²) in [6.07, 6.45) is 2.32. The van der Waals surface area contributed by atoms with E-state index in [0.717, 1.165) is 11.3 Å². The van der Waals surface area contributed by atoms with Gasteiger partial charge in [-0.2, -0.15) is 0 Å². The predicted molar refractivity (Wildman–Crippen MR) is 210 cm³/mol. The highest BCUT2D eigenvalue weighted by Crippen LogP contribution is 2.27. The fraction of sp³-hybridized carbons (Fsp3) is 0.707. The van der Waals surface area contributed by atoms with E-state index in [1.165, 1.54) is 26.6 Å². The third-order valence-corrected chi connectivity index (χ3v) is 11.0. The molecule has 2 N–H and O–H groups in total. The molecule has 1 fully saturated rings. The van der Waals surface area contributed by atoms with Gasteiger partial charge in [0.1, 0.15) is 23.9 Å². The number of likely N-dealkylation sites (tertiary alicyclic amines) is 1. The lowest BCUT2D eigenvalue weighted by molar-refractivity contribution is -0.161. The number of aliphatic hydroxyl groups is 1. The van der Waals surface area contributed by atoms with E-state index in [1.807, 2.05) is 52.0 Å². The zero-order chi connectivity index (χ0) is 41.6. The number of carbonyl (C=O) groups excluding carboxylic acids is 6. The van der Waals surface area contributed by atoms with Gasteiger partial charge in [-0.1, -0.05) is 46.2 Å². The van der Waals surface area contributed by atoms with Gasteiger partial charge in [0.05, 0.1) is 25.2 Å². The maximum atomic E-state index is 14.0. The third kappa shape index (κ3) is 13.8. The molecule has 0 bridgehead atoms. The Balaban J connectivity index is 1.88. The van der Waals surface area contributed by atoms with Crippen LogP contribution >= 0.6 is 0 Å². The second-order valence-electron chi connectivity index (χ2n) is 15.6. The van der Waals surface area contributed by atoms with Gasteiger partial charge in [0.2, 0.25) is 30.0 Å². The molecule has 1 aromatic carbocycles. The lowest BCUT2D eigenvalue weighted by Gasteiger charge is -2.37. The maximum absolute atomic E-state index is 14.0. The molecule has 1 aromatic rings. The molecule has 0 radical (unpaired) electrons. The number of rotatable bonds is 22. The van der Waals surface area contributed by atoms with Crippen LogP contribution in [0.5, 0.6) is 5.75 Å². The molecule has 14 nitrogen and oxygen atoms in total. The van der Waals surface area contributed by atoms with Crippen molar-refractivity contribution in [3.8, 4) is 5.75 Å². The Morgan fingerprint density at radius 1 is 0.982 bits per heavy atom. The normalized spacial score (nSPS) is 18.4. The monoisotopic (exact) mass is 773 g/mol. The summed E-state index contributed by atoms with van der Waals surface area (Å²) in [6, 6.07) is 5.22. The first-order chi connectivity index (χ1) is 25.9. The predicted octanol–water partition coefficient (Wildman–Crippen LogP) is 3.28. The number of amides is 5. The first kappa shape index (κ1) is 47.0. The molecule has 1 heterocycles. The minimum Gasteiger partial charge on any atom is -0.497 e. The van der Waals surface area contributed by atoms with Crippen LogP contribution in [-0.4, -0.2) is 138 Å². The molecular weight excluding hydrogens is 706 g/mol. The zero-order valence-electron chi connectivity index (χ0n) is 34.9. The van der Waals surface area contributed by atoms with Gasteiger partial charge in [-0.3, -0.25) is 24.0 Å². The maximum Gasteiger partial charge on any atom is 0.329 e. The molecule has 0 saturated carbocycles. The Morgan fingerprint density at radius 3 is 2.20 bits per heavy atom. The van der Waals surface area contributed by atoms with Crippen LogP contribution in [0.3, 0.4) is 0 Å². The standard InChI is InChI=1S/C41H67N5O9/c1-12-27(3)37(45(10)39(51)31(7)44(9)25-47)40(52)46-20-13-14-34(46)41(53)55-29(5)22-26(2)23-35(48)30(6)38(50)43(8)21-19-36(49)42-28(4)24-32-15-17-33(54-11)18-16-32/h15-18,25-31,34-35,37,48H,12-14,19-24H2,1-11H3,(H,42,49)/t26?,27?,28?,29-,30-,31?,34?,35+,37?/m1/s1. The molecule has 0 aliphatic carbocycles. The first-order valence-electron chi connectivity index (χ1n) is 19.7. The summed E-state index contributed by atoms with van der Waals surface area (Å²) in [5.41, 5.74) is 1.07. The lowest BCUT2D eigenvalue weighted by atomic mass is 9.91. The van der Waals surface area contributed by atoms with Crippen molar-refractivity contribution >= 4 is 36.0 Å². The molecule has 9 atom stereocenters. The number of methoxy groups -OCH3 is 1. The topological polar surface area (TPSA) is 166 Å². The number of esters is 1. The Morgan fingerprint density at radius 2 is 1.62 bits per heavy atom. The molecule has 55 heavy (non-hydrogen) atoms. The van der Waals surface area contributed by atoms with Crippen molar-refractivity contribution in [2.75, 3.05) is 41.3 Å². The summed E-state index contributed by atoms with van der Waals surface area (Å²) in [4.78, 5) is 83.3. The smallest absolute Gasteiger partial charge is 0.329 e. The summed E-state index contributed by atoms with van der Waals surface area (Å²) >= 11 is 0. The summed E-state index contributed by atoms with van der Waals surface area (Å²) < 4.78 is 11.0. The van der Waals surface area contributed by atoms with E-state index < -0.39 is 42.2 Å². The minimum absolute atomic E-state index is 0.0939. The molecular formula is C41H67N5O9. The van der Waals surface area contributed by atoms with Crippen molar-refractivity contribution < 1.29 is 43.3 Å². The fourth-order valence-corrected chi connectivity index (χ4v) is 7.17. The summed E-state index contributed by atoms with van der Waals surface area (Å²) in [5, 5.41) is 14.0. The first-order valence-corrected chi connectivity index (χ1v) is 19.7. The van der Waals surface area contributed by atoms with Crippen molar-refractivity contribution in [1.82, 2.24) is 24.9 Å². The van der Waals surface area contributed by atoms with Crippen LogP contribution in [0.1, 0.15) is 92.6 Å². The van der Waals surface area contributed by atoms with Gasteiger partial charge in [0.25, 0.3) is 0 Å². The van der Waals surface area contributed by atoms with Gasteiger partial charge in [-0.15, -0.1) is 0 Å². The largest absolute Gasteiger partial charge is 0.497 e. The van der Waals surface area contributed by atoms with Crippen LogP contribution in [0.2, 0.25) is 0 Å². The average molecular weight is 774 g/mol. The lowest BCUT2D eigenvalue weighted by Crippen LogP contribution is -2.57. The highest BCUT2D eigenvalue weighted by atomic mass is 16.5. The van der Waals surface area contributed by atoms with Gasteiger partial charge in [0, 0.05) is 46.7 Å². The highest BCUT2D eigenvalue weighted by molar-refractivity contribution is 5.93. The highest BCUT2D eigenvalue weighted by Gasteiger charge is 2.43. The molecule has 1 aliphatic heterocycles. The van der Waals surface area contributed by atoms with E-state index in [4.69, 9.17) is 9.47 Å². The van der Waals surface area contributed by atoms with E-state index >= 15 is 0 Å². The molecule has 0 spiro atoms. The van der Waals surface area contributed by atoms with Crippen molar-refractivity contribution in [1.29, 1.82) is 0 Å². The molecule has 5 amide bonds. The fourth-order valence-electron chi connectivity index (χ4n) is 7.17. The average Bonchev–Trinajstić information content (AvgIpc) is 3.66. The molecule has 1 aliphatic rings. The number of benzene rings is 1. The van der Waals surface area contributed by atoms with Crippen molar-refractivity contribution in [2.24, 2.45) is 17.8 Å². The minimum atomic E-state index is -0.944. The van der Waals surface area contributed by atoms with Crippen molar-refractivity contribution in [3.05, 3.63) is 29.8 Å². The summed E-state index contributed by atoms with van der Waals surface area (Å²) in [7, 11) is 6.30. The Bertz CT molecular complexity index is 1430. The van der Waals surface area contributed by atoms with Crippen LogP contribution in [0.25, 0.3) is 0 Å². The number of carbonyl (C=O) groups is 6. The number of nitrogens with one attached hydrogen (secondary N) is 1. The number of aliphatic hydroxyl groups excluding tert-OH is 1. The van der Waals surface area contributed by atoms with E-state index in [-0.39, 0.29) is 54.5 Å². The SMILES string of the molecule is CCC(C)C(C(=O)N1CCCC1C(=O)O[C@H](C)CC(C)C[C@H](O)[C@@H](C)C(=O)N(C)CCC(=O)NC(C)Cc1ccc(OC)cc1)N(C)C(=O)C(C)N(C)C=O. The van der Waals surface area contributed by atoms with Crippen LogP contribution in [0.15, 0.2) is 24.3 Å². The molecule has 14 heteroatoms. The van der Waals surface area contributed by atoms with Crippen LogP contribution < -0.4 is 10.1 Å². The number of hydrogen-bond acceptors (Lipinski definition) is 9. The van der Waals surface area contributed by atoms with Gasteiger partial charge < -0.3 is 39.5 Å². The number of ether oxygens (including phenoxy) is 2. The van der Waals surface area contributed by atoms with Crippen molar-refractivity contribution in [2.45, 2.75) is 130 Å². The Labute approximate surface area is 328 Å². The van der Waals surface area contributed by atoms with Crippen molar-refractivity contribution in [3.63, 3.8) is 0 Å². The van der Waals surface area contributed by atoms with Crippen LogP contribution in [0, 0.1) is 17.8 Å². The second kappa shape index (κ2) is 22.4. The van der Waals surface area contributed by atoms with E-state index in [9.17, 15) is 33.9 Å². The molecule has 0 aromatic heterocycles. The molecule has 1 saturated heterocycles. The molecule has 2 rings (SSSR count). The number of nitrogens with zero attached hydrogens (tertiary/aromatic N) is 4. The quantitative estimate of drug-likeness (QED) is 0.133. The molecule has 6 unspecified atom stereocenters. The van der Waals surface area contributed by atoms with Gasteiger partial charge in [-0.25, -0.2) is 4.79 Å². The van der Waals surface area contributed by atoms with Gasteiger partial charge in [-0.05, 0) is 82.4 Å². The zero-order valence-corrected chi connectivity index (χ0v) is 34.9. The summed E-state index contributed by atoms with van der Waals surface area (Å²) in [5.74, 6) is -1.86. The Kier molecular flexibility index (Phi) is 19.1. The number of hydrogen-bond donors (Lipinski definition) is 2. The van der Waals surface area contributed by atoms with E-state index in [1.54, 1.807) is 42.0 Å². The summed E-state index contributed by atoms with van der Waals surface area (Å²) in [6.45, 7) is 13.3.